The van der Waals surface area contributed by atoms with Gasteiger partial charge in [-0.05, 0) is 80.0 Å². The molecule has 0 N–H and O–H groups in total. The molecule has 0 aliphatic heterocycles. The Morgan fingerprint density at radius 2 is 1.48 bits per heavy atom. The molecule has 2 aromatic carbocycles. The number of unbranched alkanes of at least 4 members (excludes halogenated alkanes) is 2. The van der Waals surface area contributed by atoms with Crippen molar-refractivity contribution in [2.75, 3.05) is 6.61 Å². The lowest BCUT2D eigenvalue weighted by Crippen LogP contribution is -2.21. The summed E-state index contributed by atoms with van der Waals surface area (Å²) in [4.78, 5) is 10.3. The van der Waals surface area contributed by atoms with E-state index in [2.05, 4.69) is 6.92 Å². The fraction of sp³-hybridized carbons (Fsp3) is 0.458. The third kappa shape index (κ3) is 7.43. The number of hydrogen-bond acceptors (Lipinski definition) is 3. The van der Waals surface area contributed by atoms with Crippen LogP contribution in [0.5, 0.6) is 5.75 Å². The van der Waals surface area contributed by atoms with Gasteiger partial charge >= 0.3 is 16.2 Å². The third-order valence-corrected chi connectivity index (χ3v) is 7.04. The van der Waals surface area contributed by atoms with Crippen molar-refractivity contribution >= 4 is 16.2 Å². The first-order chi connectivity index (χ1) is 15.4. The van der Waals surface area contributed by atoms with Crippen LogP contribution in [0.2, 0.25) is 0 Å². The van der Waals surface area contributed by atoms with Crippen molar-refractivity contribution in [1.29, 1.82) is 0 Å². The van der Waals surface area contributed by atoms with Crippen molar-refractivity contribution in [1.82, 2.24) is 0 Å². The highest BCUT2D eigenvalue weighted by atomic mass is 32.5. The molecular formula is C24H29F5O3S. The van der Waals surface area contributed by atoms with Crippen molar-refractivity contribution in [3.63, 3.8) is 0 Å². The molecule has 0 aromatic heterocycles. The molecule has 184 valence electrons. The molecule has 9 heteroatoms. The Balaban J connectivity index is 1.53. The van der Waals surface area contributed by atoms with Crippen LogP contribution in [0, 0.1) is 0 Å². The number of carbonyl (C=O) groups excluding carboxylic acids is 1. The molecule has 1 fully saturated rings. The molecule has 0 saturated heterocycles. The number of halogens is 5. The lowest BCUT2D eigenvalue weighted by molar-refractivity contribution is 0.0227. The van der Waals surface area contributed by atoms with Crippen LogP contribution in [-0.2, 0) is 4.74 Å². The quantitative estimate of drug-likeness (QED) is 0.152. The lowest BCUT2D eigenvalue weighted by Gasteiger charge is -2.40. The number of rotatable bonds is 9. The van der Waals surface area contributed by atoms with E-state index in [9.17, 15) is 24.2 Å². The van der Waals surface area contributed by atoms with E-state index in [1.165, 1.54) is 12.8 Å². The predicted octanol–water partition coefficient (Wildman–Crippen LogP) is 8.80. The van der Waals surface area contributed by atoms with E-state index < -0.39 is 21.1 Å². The van der Waals surface area contributed by atoms with Crippen molar-refractivity contribution in [3.8, 4) is 5.75 Å². The molecule has 3 rings (SSSR count). The lowest BCUT2D eigenvalue weighted by atomic mass is 9.82. The highest BCUT2D eigenvalue weighted by Gasteiger charge is 2.65. The van der Waals surface area contributed by atoms with Gasteiger partial charge in [0.1, 0.15) is 10.6 Å². The zero-order chi connectivity index (χ0) is 24.2. The average Bonchev–Trinajstić information content (AvgIpc) is 2.76. The Morgan fingerprint density at radius 1 is 0.879 bits per heavy atom. The van der Waals surface area contributed by atoms with Gasteiger partial charge in [0, 0.05) is 6.61 Å². The zero-order valence-electron chi connectivity index (χ0n) is 18.5. The third-order valence-electron chi connectivity index (χ3n) is 5.87. The summed E-state index contributed by atoms with van der Waals surface area (Å²) in [5.41, 5.74) is 1.33. The van der Waals surface area contributed by atoms with E-state index in [1.807, 2.05) is 12.1 Å². The van der Waals surface area contributed by atoms with Crippen LogP contribution in [0.15, 0.2) is 53.4 Å². The first kappa shape index (κ1) is 25.5. The molecule has 0 radical (unpaired) electrons. The van der Waals surface area contributed by atoms with Crippen LogP contribution < -0.4 is 4.74 Å². The van der Waals surface area contributed by atoms with Crippen LogP contribution >= 0.6 is 10.2 Å². The van der Waals surface area contributed by atoms with Crippen molar-refractivity contribution in [2.24, 2.45) is 0 Å². The Labute approximate surface area is 191 Å². The van der Waals surface area contributed by atoms with Crippen molar-refractivity contribution in [2.45, 2.75) is 68.8 Å². The summed E-state index contributed by atoms with van der Waals surface area (Å²) in [5, 5.41) is 0. The second-order valence-corrected chi connectivity index (χ2v) is 10.9. The summed E-state index contributed by atoms with van der Waals surface area (Å²) in [6.07, 6.45) is 7.74. The van der Waals surface area contributed by atoms with E-state index >= 15 is 0 Å². The maximum Gasteiger partial charge on any atom is 0.343 e. The fourth-order valence-corrected chi connectivity index (χ4v) is 4.64. The van der Waals surface area contributed by atoms with Gasteiger partial charge < -0.3 is 9.47 Å². The van der Waals surface area contributed by atoms with Gasteiger partial charge in [-0.25, -0.2) is 4.79 Å². The van der Waals surface area contributed by atoms with Gasteiger partial charge in [-0.2, -0.15) is 0 Å². The Morgan fingerprint density at radius 3 is 2.03 bits per heavy atom. The molecule has 0 bridgehead atoms. The molecular weight excluding hydrogens is 463 g/mol. The second kappa shape index (κ2) is 9.25. The second-order valence-electron chi connectivity index (χ2n) is 8.50. The molecule has 1 saturated carbocycles. The van der Waals surface area contributed by atoms with Crippen LogP contribution in [0.4, 0.5) is 19.4 Å². The summed E-state index contributed by atoms with van der Waals surface area (Å²) >= 11 is 0. The normalized spacial score (nSPS) is 21.2. The number of ether oxygens (including phenoxy) is 2. The Kier molecular flexibility index (Phi) is 7.15. The topological polar surface area (TPSA) is 35.5 Å². The molecule has 0 spiro atoms. The summed E-state index contributed by atoms with van der Waals surface area (Å²) < 4.78 is 74.9. The predicted molar refractivity (Wildman–Crippen MR) is 120 cm³/mol. The largest absolute Gasteiger partial charge is 0.423 e. The highest BCUT2D eigenvalue weighted by Crippen LogP contribution is 3.02. The van der Waals surface area contributed by atoms with Gasteiger partial charge in [0.05, 0.1) is 11.7 Å². The molecule has 3 nitrogen and oxygen atoms in total. The number of esters is 1. The van der Waals surface area contributed by atoms with Crippen molar-refractivity contribution < 1.29 is 33.7 Å². The van der Waals surface area contributed by atoms with E-state index in [0.29, 0.717) is 24.2 Å². The van der Waals surface area contributed by atoms with Gasteiger partial charge in [-0.1, -0.05) is 51.3 Å². The molecule has 1 aliphatic rings. The minimum Gasteiger partial charge on any atom is -0.423 e. The summed E-state index contributed by atoms with van der Waals surface area (Å²) in [6.45, 7) is 2.97. The summed E-state index contributed by atoms with van der Waals surface area (Å²) in [6, 6.07) is 8.77. The van der Waals surface area contributed by atoms with E-state index in [4.69, 9.17) is 9.47 Å². The van der Waals surface area contributed by atoms with Gasteiger partial charge in [0.15, 0.2) is 0 Å². The number of carbonyl (C=O) groups is 1. The average molecular weight is 493 g/mol. The van der Waals surface area contributed by atoms with E-state index in [-0.39, 0.29) is 23.4 Å². The van der Waals surface area contributed by atoms with Crippen LogP contribution in [0.25, 0.3) is 0 Å². The molecule has 33 heavy (non-hydrogen) atoms. The minimum atomic E-state index is -9.76. The van der Waals surface area contributed by atoms with Gasteiger partial charge in [0.25, 0.3) is 0 Å². The maximum atomic E-state index is 12.8. The van der Waals surface area contributed by atoms with Crippen molar-refractivity contribution in [3.05, 3.63) is 59.7 Å². The number of benzene rings is 2. The highest BCUT2D eigenvalue weighted by molar-refractivity contribution is 8.45. The molecule has 1 aliphatic carbocycles. The molecule has 0 heterocycles. The van der Waals surface area contributed by atoms with E-state index in [0.717, 1.165) is 44.3 Å². The zero-order valence-corrected chi connectivity index (χ0v) is 19.3. The molecule has 0 amide bonds. The van der Waals surface area contributed by atoms with Crippen LogP contribution in [0.3, 0.4) is 0 Å². The molecule has 2 aromatic rings. The molecule has 0 atom stereocenters. The van der Waals surface area contributed by atoms with Gasteiger partial charge in [-0.3, -0.25) is 0 Å². The Hall–Kier alpha value is -2.13. The van der Waals surface area contributed by atoms with Gasteiger partial charge in [0.2, 0.25) is 0 Å². The smallest absolute Gasteiger partial charge is 0.343 e. The molecule has 0 unspecified atom stereocenters. The van der Waals surface area contributed by atoms with E-state index in [1.54, 1.807) is 12.1 Å². The first-order valence-corrected chi connectivity index (χ1v) is 13.1. The standard InChI is InChI=1S/C24H29F5O3S/c1-2-3-4-17-31-21-11-9-19(10-12-21)18-5-7-20(8-6-18)24(30)32-22-13-15-23(16-14-22)33(25,26,27,28)29/h5-8,13-16,19,21H,2-4,9-12,17H2,1H3. The first-order valence-electron chi connectivity index (χ1n) is 11.1. The SMILES string of the molecule is CCCCCOC1CCC(c2ccc(C(=O)Oc3ccc(S(F)(F)(F)(F)F)cc3)cc2)CC1. The fourth-order valence-electron chi connectivity index (χ4n) is 3.99. The maximum absolute atomic E-state index is 12.8. The van der Waals surface area contributed by atoms with Gasteiger partial charge in [-0.15, -0.1) is 0 Å². The summed E-state index contributed by atoms with van der Waals surface area (Å²) in [5.74, 6) is -0.636. The van der Waals surface area contributed by atoms with Crippen LogP contribution in [0.1, 0.15) is 73.7 Å². The number of hydrogen-bond donors (Lipinski definition) is 0. The minimum absolute atomic E-state index is 0.219. The van der Waals surface area contributed by atoms with Crippen LogP contribution in [-0.4, -0.2) is 18.7 Å². The monoisotopic (exact) mass is 492 g/mol. The Bertz CT molecular complexity index is 936. The summed E-state index contributed by atoms with van der Waals surface area (Å²) in [7, 11) is -9.76.